The predicted molar refractivity (Wildman–Crippen MR) is 135 cm³/mol. The Morgan fingerprint density at radius 1 is 1.06 bits per heavy atom. The molecule has 3 aromatic rings. The lowest BCUT2D eigenvalue weighted by Crippen LogP contribution is -2.32. The molecular weight excluding hydrogens is 468 g/mol. The van der Waals surface area contributed by atoms with Gasteiger partial charge in [-0.05, 0) is 54.6 Å². The van der Waals surface area contributed by atoms with Gasteiger partial charge in [0.2, 0.25) is 5.91 Å². The summed E-state index contributed by atoms with van der Waals surface area (Å²) in [6.07, 6.45) is 1.50. The molecule has 180 valence electrons. The number of carbonyl (C=O) groups is 3. The Hall–Kier alpha value is -4.05. The number of hydrogen-bond donors (Lipinski definition) is 1. The lowest BCUT2D eigenvalue weighted by molar-refractivity contribution is -0.123. The van der Waals surface area contributed by atoms with Crippen LogP contribution in [-0.4, -0.2) is 45.0 Å². The van der Waals surface area contributed by atoms with Crippen molar-refractivity contribution in [2.24, 2.45) is 7.05 Å². The number of amides is 3. The van der Waals surface area contributed by atoms with E-state index in [-0.39, 0.29) is 29.1 Å². The first-order valence-electron chi connectivity index (χ1n) is 10.8. The van der Waals surface area contributed by atoms with Crippen LogP contribution in [0, 0.1) is 6.92 Å². The zero-order valence-electron chi connectivity index (χ0n) is 19.5. The smallest absolute Gasteiger partial charge is 0.295 e. The van der Waals surface area contributed by atoms with Crippen molar-refractivity contribution in [3.63, 3.8) is 0 Å². The van der Waals surface area contributed by atoms with Gasteiger partial charge < -0.3 is 10.1 Å². The summed E-state index contributed by atoms with van der Waals surface area (Å²) in [5.41, 5.74) is 1.81. The zero-order chi connectivity index (χ0) is 25.1. The molecule has 3 amide bonds. The number of nitrogens with zero attached hydrogens (tertiary/aromatic N) is 3. The standard InChI is InChI=1S/C25H24N4O5S/c1-16-22(24(32)29(27(16)2)18-7-5-4-6-8-18)26-21(30)13-14-28-23(31)20(35-25(28)33)15-17-9-11-19(34-3)12-10-17/h4-12,15H,13-14H2,1-3H3,(H,26,30). The first-order valence-corrected chi connectivity index (χ1v) is 11.6. The van der Waals surface area contributed by atoms with Gasteiger partial charge in [0.05, 0.1) is 23.4 Å². The van der Waals surface area contributed by atoms with E-state index in [2.05, 4.69) is 5.32 Å². The number of benzene rings is 2. The molecule has 1 fully saturated rings. The van der Waals surface area contributed by atoms with Crippen LogP contribution in [-0.2, 0) is 16.6 Å². The van der Waals surface area contributed by atoms with Gasteiger partial charge in [-0.1, -0.05) is 30.3 Å². The molecule has 1 N–H and O–H groups in total. The first-order chi connectivity index (χ1) is 16.8. The number of thioether (sulfide) groups is 1. The number of imide groups is 1. The summed E-state index contributed by atoms with van der Waals surface area (Å²) in [5, 5.41) is 2.21. The van der Waals surface area contributed by atoms with Crippen LogP contribution < -0.4 is 15.6 Å². The van der Waals surface area contributed by atoms with E-state index in [1.807, 2.05) is 18.2 Å². The summed E-state index contributed by atoms with van der Waals surface area (Å²) in [5.74, 6) is -0.231. The SMILES string of the molecule is COc1ccc(C=C2SC(=O)N(CCC(=O)Nc3c(C)n(C)n(-c4ccccc4)c3=O)C2=O)cc1. The van der Waals surface area contributed by atoms with E-state index in [4.69, 9.17) is 4.74 Å². The third kappa shape index (κ3) is 4.92. The van der Waals surface area contributed by atoms with E-state index < -0.39 is 17.1 Å². The number of para-hydroxylation sites is 1. The fraction of sp³-hybridized carbons (Fsp3) is 0.200. The first kappa shape index (κ1) is 24.1. The second kappa shape index (κ2) is 10.1. The number of rotatable bonds is 7. The molecule has 0 bridgehead atoms. The van der Waals surface area contributed by atoms with Gasteiger partial charge in [0.1, 0.15) is 11.4 Å². The van der Waals surface area contributed by atoms with Crippen molar-refractivity contribution in [1.29, 1.82) is 0 Å². The van der Waals surface area contributed by atoms with Crippen LogP contribution in [0.15, 0.2) is 64.3 Å². The maximum absolute atomic E-state index is 13.0. The van der Waals surface area contributed by atoms with Crippen LogP contribution in [0.5, 0.6) is 5.75 Å². The predicted octanol–water partition coefficient (Wildman–Crippen LogP) is 3.56. The Kier molecular flexibility index (Phi) is 6.92. The van der Waals surface area contributed by atoms with Crippen LogP contribution in [0.2, 0.25) is 0 Å². The minimum absolute atomic E-state index is 0.0881. The number of nitrogens with one attached hydrogen (secondary N) is 1. The molecule has 2 heterocycles. The van der Waals surface area contributed by atoms with E-state index in [1.54, 1.807) is 68.2 Å². The summed E-state index contributed by atoms with van der Waals surface area (Å²) >= 11 is 0.829. The summed E-state index contributed by atoms with van der Waals surface area (Å²) in [6, 6.07) is 16.2. The molecule has 0 spiro atoms. The van der Waals surface area contributed by atoms with Crippen molar-refractivity contribution >= 4 is 40.6 Å². The van der Waals surface area contributed by atoms with Crippen LogP contribution in [0.1, 0.15) is 17.7 Å². The largest absolute Gasteiger partial charge is 0.497 e. The highest BCUT2D eigenvalue weighted by Crippen LogP contribution is 2.32. The fourth-order valence-corrected chi connectivity index (χ4v) is 4.54. The summed E-state index contributed by atoms with van der Waals surface area (Å²) < 4.78 is 8.25. The Morgan fingerprint density at radius 3 is 2.40 bits per heavy atom. The van der Waals surface area contributed by atoms with Crippen LogP contribution in [0.25, 0.3) is 11.8 Å². The monoisotopic (exact) mass is 492 g/mol. The molecule has 1 aliphatic rings. The van der Waals surface area contributed by atoms with Gasteiger partial charge >= 0.3 is 0 Å². The molecule has 1 saturated heterocycles. The minimum Gasteiger partial charge on any atom is -0.497 e. The number of anilines is 1. The number of aromatic nitrogens is 2. The molecule has 35 heavy (non-hydrogen) atoms. The molecule has 1 aliphatic heterocycles. The Morgan fingerprint density at radius 2 is 1.74 bits per heavy atom. The van der Waals surface area contributed by atoms with Crippen molar-refractivity contribution in [3.8, 4) is 11.4 Å². The fourth-order valence-electron chi connectivity index (χ4n) is 3.67. The van der Waals surface area contributed by atoms with Crippen molar-refractivity contribution in [3.05, 3.63) is 81.1 Å². The quantitative estimate of drug-likeness (QED) is 0.506. The molecule has 4 rings (SSSR count). The van der Waals surface area contributed by atoms with Crippen molar-refractivity contribution in [2.45, 2.75) is 13.3 Å². The van der Waals surface area contributed by atoms with Gasteiger partial charge in [-0.25, -0.2) is 4.68 Å². The summed E-state index contributed by atoms with van der Waals surface area (Å²) in [7, 11) is 3.30. The highest BCUT2D eigenvalue weighted by molar-refractivity contribution is 8.18. The van der Waals surface area contributed by atoms with E-state index in [0.29, 0.717) is 17.1 Å². The van der Waals surface area contributed by atoms with Gasteiger partial charge in [-0.3, -0.25) is 28.8 Å². The highest BCUT2D eigenvalue weighted by Gasteiger charge is 2.35. The van der Waals surface area contributed by atoms with Crippen molar-refractivity contribution < 1.29 is 19.1 Å². The molecule has 9 nitrogen and oxygen atoms in total. The maximum atomic E-state index is 13.0. The molecule has 2 aromatic carbocycles. The maximum Gasteiger partial charge on any atom is 0.295 e. The van der Waals surface area contributed by atoms with Gasteiger partial charge in [0.25, 0.3) is 16.7 Å². The summed E-state index contributed by atoms with van der Waals surface area (Å²) in [6.45, 7) is 1.64. The van der Waals surface area contributed by atoms with Gasteiger partial charge in [0, 0.05) is 20.0 Å². The molecule has 0 radical (unpaired) electrons. The number of hydrogen-bond acceptors (Lipinski definition) is 6. The third-order valence-electron chi connectivity index (χ3n) is 5.67. The van der Waals surface area contributed by atoms with E-state index in [1.165, 1.54) is 4.68 Å². The van der Waals surface area contributed by atoms with Gasteiger partial charge in [-0.2, -0.15) is 0 Å². The van der Waals surface area contributed by atoms with E-state index in [9.17, 15) is 19.2 Å². The van der Waals surface area contributed by atoms with Crippen molar-refractivity contribution in [1.82, 2.24) is 14.3 Å². The molecule has 0 saturated carbocycles. The van der Waals surface area contributed by atoms with Crippen LogP contribution >= 0.6 is 11.8 Å². The molecule has 10 heteroatoms. The van der Waals surface area contributed by atoms with Crippen LogP contribution in [0.3, 0.4) is 0 Å². The lowest BCUT2D eigenvalue weighted by Gasteiger charge is -2.12. The topological polar surface area (TPSA) is 103 Å². The molecule has 0 unspecified atom stereocenters. The minimum atomic E-state index is -0.464. The van der Waals surface area contributed by atoms with Crippen LogP contribution in [0.4, 0.5) is 10.5 Å². The normalized spacial score (nSPS) is 14.6. The van der Waals surface area contributed by atoms with Gasteiger partial charge in [-0.15, -0.1) is 0 Å². The summed E-state index contributed by atoms with van der Waals surface area (Å²) in [4.78, 5) is 52.0. The second-order valence-corrected chi connectivity index (χ2v) is 8.83. The second-order valence-electron chi connectivity index (χ2n) is 7.84. The average Bonchev–Trinajstić information content (AvgIpc) is 3.24. The zero-order valence-corrected chi connectivity index (χ0v) is 20.3. The molecular formula is C25H24N4O5S. The van der Waals surface area contributed by atoms with E-state index >= 15 is 0 Å². The lowest BCUT2D eigenvalue weighted by atomic mass is 10.2. The molecule has 0 aliphatic carbocycles. The van der Waals surface area contributed by atoms with Crippen molar-refractivity contribution in [2.75, 3.05) is 19.0 Å². The Labute approximate surface area is 206 Å². The molecule has 0 atom stereocenters. The number of methoxy groups -OCH3 is 1. The Bertz CT molecular complexity index is 1370. The van der Waals surface area contributed by atoms with Gasteiger partial charge in [0.15, 0.2) is 0 Å². The average molecular weight is 493 g/mol. The highest BCUT2D eigenvalue weighted by atomic mass is 32.2. The molecule has 1 aromatic heterocycles. The number of ether oxygens (including phenoxy) is 1. The van der Waals surface area contributed by atoms with E-state index in [0.717, 1.165) is 22.2 Å². The number of carbonyl (C=O) groups excluding carboxylic acids is 3. The third-order valence-corrected chi connectivity index (χ3v) is 6.58. The Balaban J connectivity index is 1.43.